The van der Waals surface area contributed by atoms with E-state index in [1.165, 1.54) is 24.1 Å². The van der Waals surface area contributed by atoms with Crippen LogP contribution in [0.2, 0.25) is 5.02 Å². The highest BCUT2D eigenvalue weighted by Gasteiger charge is 2.23. The van der Waals surface area contributed by atoms with Gasteiger partial charge in [0.1, 0.15) is 18.1 Å². The molecular weight excluding hydrogens is 505 g/mol. The number of ether oxygens (including phenoxy) is 2. The van der Waals surface area contributed by atoms with Crippen molar-refractivity contribution in [2.24, 2.45) is 0 Å². The van der Waals surface area contributed by atoms with Crippen molar-refractivity contribution in [3.63, 3.8) is 0 Å². The number of nitrogens with zero attached hydrogens (tertiary/aromatic N) is 2. The molecule has 0 aliphatic heterocycles. The molecule has 196 valence electrons. The van der Waals surface area contributed by atoms with Crippen molar-refractivity contribution >= 4 is 35.5 Å². The van der Waals surface area contributed by atoms with E-state index in [2.05, 4.69) is 15.2 Å². The third-order valence-electron chi connectivity index (χ3n) is 5.70. The number of methoxy groups -OCH3 is 1. The van der Waals surface area contributed by atoms with Crippen LogP contribution in [0.1, 0.15) is 24.8 Å². The number of anilines is 1. The average Bonchev–Trinajstić information content (AvgIpc) is 3.37. The van der Waals surface area contributed by atoms with Crippen molar-refractivity contribution in [3.05, 3.63) is 71.0 Å². The molecule has 0 spiro atoms. The molecule has 37 heavy (non-hydrogen) atoms. The number of hydrogen-bond donors (Lipinski definition) is 1. The molecule has 1 heterocycles. The predicted octanol–water partition coefficient (Wildman–Crippen LogP) is 5.10. The topological polar surface area (TPSA) is 111 Å². The molecule has 0 bridgehead atoms. The molecule has 1 aromatic heterocycles. The van der Waals surface area contributed by atoms with E-state index in [9.17, 15) is 18.8 Å². The van der Waals surface area contributed by atoms with E-state index in [0.717, 1.165) is 5.56 Å². The predicted molar refractivity (Wildman–Crippen MR) is 134 cm³/mol. The second-order valence-corrected chi connectivity index (χ2v) is 8.53. The summed E-state index contributed by atoms with van der Waals surface area (Å²) in [6.45, 7) is -0.189. The van der Waals surface area contributed by atoms with E-state index in [1.807, 2.05) is 30.3 Å². The number of nitrogens with one attached hydrogen (secondary N) is 1. The van der Waals surface area contributed by atoms with E-state index in [1.54, 1.807) is 19.2 Å². The molecule has 3 rings (SSSR count). The number of benzene rings is 2. The van der Waals surface area contributed by atoms with Crippen LogP contribution in [0.3, 0.4) is 0 Å². The molecule has 2 amide bonds. The average molecular weight is 532 g/mol. The van der Waals surface area contributed by atoms with Gasteiger partial charge in [-0.05, 0) is 24.5 Å². The Morgan fingerprint density at radius 3 is 2.62 bits per heavy atom. The van der Waals surface area contributed by atoms with E-state index >= 15 is 0 Å². The summed E-state index contributed by atoms with van der Waals surface area (Å²) in [6, 6.07) is 14.6. The van der Waals surface area contributed by atoms with Gasteiger partial charge in [-0.3, -0.25) is 14.9 Å². The number of aryl methyl sites for hydroxylation is 1. The molecule has 11 heteroatoms. The van der Waals surface area contributed by atoms with Crippen LogP contribution in [-0.4, -0.2) is 54.8 Å². The molecule has 3 aromatic rings. The van der Waals surface area contributed by atoms with Gasteiger partial charge < -0.3 is 18.9 Å². The first kappa shape index (κ1) is 27.7. The first-order valence-electron chi connectivity index (χ1n) is 11.5. The summed E-state index contributed by atoms with van der Waals surface area (Å²) in [5.41, 5.74) is 1.86. The van der Waals surface area contributed by atoms with Gasteiger partial charge >= 0.3 is 12.1 Å². The SMILES string of the molecule is COC(=O)CC[C@@H](COC(=O)Nc1cc(-c2ccccc2)no1)N(C)C(=O)CCc1cccc(F)c1Cl. The van der Waals surface area contributed by atoms with Crippen LogP contribution in [0.15, 0.2) is 59.1 Å². The van der Waals surface area contributed by atoms with E-state index in [-0.39, 0.29) is 49.1 Å². The van der Waals surface area contributed by atoms with Crippen molar-refractivity contribution in [2.45, 2.75) is 31.7 Å². The Balaban J connectivity index is 1.58. The Hall–Kier alpha value is -3.92. The number of carbonyl (C=O) groups excluding carboxylic acids is 3. The number of esters is 1. The minimum absolute atomic E-state index is 0.0159. The Kier molecular flexibility index (Phi) is 10.0. The number of rotatable bonds is 11. The third kappa shape index (κ3) is 8.04. The lowest BCUT2D eigenvalue weighted by molar-refractivity contribution is -0.142. The number of halogens is 2. The van der Waals surface area contributed by atoms with Crippen molar-refractivity contribution < 1.29 is 32.8 Å². The molecule has 0 radical (unpaired) electrons. The highest BCUT2D eigenvalue weighted by atomic mass is 35.5. The first-order chi connectivity index (χ1) is 17.8. The second-order valence-electron chi connectivity index (χ2n) is 8.15. The van der Waals surface area contributed by atoms with Gasteiger partial charge in [0.25, 0.3) is 0 Å². The van der Waals surface area contributed by atoms with Gasteiger partial charge in [0, 0.05) is 31.5 Å². The van der Waals surface area contributed by atoms with E-state index in [0.29, 0.717) is 11.3 Å². The maximum atomic E-state index is 13.7. The van der Waals surface area contributed by atoms with Gasteiger partial charge in [-0.25, -0.2) is 9.18 Å². The summed E-state index contributed by atoms with van der Waals surface area (Å²) in [6.07, 6.45) is -0.335. The molecule has 2 aromatic carbocycles. The number of aromatic nitrogens is 1. The van der Waals surface area contributed by atoms with Crippen LogP contribution in [0, 0.1) is 5.82 Å². The van der Waals surface area contributed by atoms with Crippen LogP contribution < -0.4 is 5.32 Å². The lowest BCUT2D eigenvalue weighted by Crippen LogP contribution is -2.41. The molecule has 1 N–H and O–H groups in total. The zero-order chi connectivity index (χ0) is 26.8. The van der Waals surface area contributed by atoms with Crippen LogP contribution in [0.4, 0.5) is 15.1 Å². The van der Waals surface area contributed by atoms with Gasteiger partial charge in [0.05, 0.1) is 18.2 Å². The Bertz CT molecular complexity index is 1220. The van der Waals surface area contributed by atoms with Crippen LogP contribution >= 0.6 is 11.6 Å². The van der Waals surface area contributed by atoms with Crippen molar-refractivity contribution in [1.29, 1.82) is 0 Å². The second kappa shape index (κ2) is 13.4. The van der Waals surface area contributed by atoms with Gasteiger partial charge in [0.2, 0.25) is 11.8 Å². The van der Waals surface area contributed by atoms with Gasteiger partial charge in [-0.1, -0.05) is 59.2 Å². The zero-order valence-corrected chi connectivity index (χ0v) is 21.2. The summed E-state index contributed by atoms with van der Waals surface area (Å²) < 4.78 is 28.8. The molecule has 0 fully saturated rings. The van der Waals surface area contributed by atoms with Crippen molar-refractivity contribution in [3.8, 4) is 11.3 Å². The van der Waals surface area contributed by atoms with Gasteiger partial charge in [-0.15, -0.1) is 0 Å². The molecule has 0 aliphatic rings. The fourth-order valence-electron chi connectivity index (χ4n) is 3.53. The lowest BCUT2D eigenvalue weighted by atomic mass is 10.1. The summed E-state index contributed by atoms with van der Waals surface area (Å²) >= 11 is 5.98. The highest BCUT2D eigenvalue weighted by molar-refractivity contribution is 6.31. The largest absolute Gasteiger partial charge is 0.469 e. The quantitative estimate of drug-likeness (QED) is 0.343. The standard InChI is InChI=1S/C26H27ClFN3O6/c1-31(23(32)13-11-18-9-6-10-20(28)25(18)27)19(12-14-24(33)35-2)16-36-26(34)29-22-15-21(30-37-22)17-7-4-3-5-8-17/h3-10,15,19H,11-14,16H2,1-2H3,(H,29,34)/t19-/m0/s1. The zero-order valence-electron chi connectivity index (χ0n) is 20.4. The first-order valence-corrected chi connectivity index (χ1v) is 11.9. The maximum absolute atomic E-state index is 13.7. The summed E-state index contributed by atoms with van der Waals surface area (Å²) in [5.74, 6) is -1.22. The number of amides is 2. The minimum Gasteiger partial charge on any atom is -0.469 e. The van der Waals surface area contributed by atoms with Crippen LogP contribution in [0.5, 0.6) is 0 Å². The number of likely N-dealkylation sites (N-methyl/N-ethyl adjacent to an activating group) is 1. The monoisotopic (exact) mass is 531 g/mol. The fourth-order valence-corrected chi connectivity index (χ4v) is 3.75. The number of carbonyl (C=O) groups is 3. The highest BCUT2D eigenvalue weighted by Crippen LogP contribution is 2.23. The third-order valence-corrected chi connectivity index (χ3v) is 6.13. The van der Waals surface area contributed by atoms with Gasteiger partial charge in [-0.2, -0.15) is 0 Å². The molecule has 1 atom stereocenters. The normalized spacial score (nSPS) is 11.5. The number of hydrogen-bond acceptors (Lipinski definition) is 7. The smallest absolute Gasteiger partial charge is 0.414 e. The fraction of sp³-hybridized carbons (Fsp3) is 0.308. The lowest BCUT2D eigenvalue weighted by Gasteiger charge is -2.28. The Morgan fingerprint density at radius 1 is 1.14 bits per heavy atom. The Morgan fingerprint density at radius 2 is 1.89 bits per heavy atom. The minimum atomic E-state index is -0.814. The summed E-state index contributed by atoms with van der Waals surface area (Å²) in [7, 11) is 2.81. The van der Waals surface area contributed by atoms with E-state index < -0.39 is 23.9 Å². The summed E-state index contributed by atoms with van der Waals surface area (Å²) in [5, 5.41) is 6.35. The van der Waals surface area contributed by atoms with Crippen molar-refractivity contribution in [1.82, 2.24) is 10.1 Å². The van der Waals surface area contributed by atoms with Crippen molar-refractivity contribution in [2.75, 3.05) is 26.1 Å². The Labute approximate surface area is 218 Å². The van der Waals surface area contributed by atoms with Crippen LogP contribution in [0.25, 0.3) is 11.3 Å². The molecule has 0 saturated heterocycles. The van der Waals surface area contributed by atoms with Gasteiger partial charge in [0.15, 0.2) is 0 Å². The molecular formula is C26H27ClFN3O6. The molecule has 0 aliphatic carbocycles. The molecule has 0 saturated carbocycles. The van der Waals surface area contributed by atoms with Crippen LogP contribution in [-0.2, 0) is 25.5 Å². The maximum Gasteiger partial charge on any atom is 0.414 e. The van der Waals surface area contributed by atoms with E-state index in [4.69, 9.17) is 20.9 Å². The summed E-state index contributed by atoms with van der Waals surface area (Å²) in [4.78, 5) is 38.3. The molecule has 0 unspecified atom stereocenters. The molecule has 9 nitrogen and oxygen atoms in total.